The van der Waals surface area contributed by atoms with E-state index < -0.39 is 11.7 Å². The summed E-state index contributed by atoms with van der Waals surface area (Å²) in [5, 5.41) is 3.04. The Balaban J connectivity index is 1.67. The van der Waals surface area contributed by atoms with E-state index in [1.165, 1.54) is 13.2 Å². The van der Waals surface area contributed by atoms with E-state index in [1.54, 1.807) is 36.7 Å². The molecule has 2 N–H and O–H groups in total. The van der Waals surface area contributed by atoms with Crippen molar-refractivity contribution in [3.05, 3.63) is 60.4 Å². The highest BCUT2D eigenvalue weighted by molar-refractivity contribution is 5.81. The molecule has 0 fully saturated rings. The van der Waals surface area contributed by atoms with Crippen LogP contribution in [0.1, 0.15) is 5.56 Å². The van der Waals surface area contributed by atoms with E-state index in [-0.39, 0.29) is 0 Å². The van der Waals surface area contributed by atoms with Crippen molar-refractivity contribution in [1.82, 2.24) is 19.9 Å². The van der Waals surface area contributed by atoms with Gasteiger partial charge in [0.25, 0.3) is 0 Å². The number of halogens is 3. The average Bonchev–Trinajstić information content (AvgIpc) is 3.11. The number of aromatic amines is 1. The number of alkyl halides is 3. The number of hydrogen-bond acceptors (Lipinski definition) is 5. The van der Waals surface area contributed by atoms with Crippen molar-refractivity contribution in [2.24, 2.45) is 0 Å². The summed E-state index contributed by atoms with van der Waals surface area (Å²) in [6.45, 7) is 0. The van der Waals surface area contributed by atoms with Crippen LogP contribution in [0.5, 0.6) is 5.75 Å². The summed E-state index contributed by atoms with van der Waals surface area (Å²) in [5.74, 6) is 1.85. The molecule has 3 aromatic heterocycles. The molecule has 0 saturated heterocycles. The van der Waals surface area contributed by atoms with Crippen LogP contribution >= 0.6 is 0 Å². The van der Waals surface area contributed by atoms with Crippen molar-refractivity contribution < 1.29 is 17.9 Å². The van der Waals surface area contributed by atoms with Gasteiger partial charge in [-0.2, -0.15) is 13.2 Å². The number of benzene rings is 1. The monoisotopic (exact) mass is 385 g/mol. The molecule has 3 heterocycles. The van der Waals surface area contributed by atoms with Crippen LogP contribution in [0.4, 0.5) is 24.8 Å². The lowest BCUT2D eigenvalue weighted by Crippen LogP contribution is -2.04. The standard InChI is InChI=1S/C19H14F3N5O/c1-28-15-6-3-7-23-18(15)27-16-9-13-14(10-24-16)26-17(25-13)11-4-2-5-12(8-11)19(20,21)22/h2-10H,1H3,(H,25,26)(H,23,24,27). The molecule has 6 nitrogen and oxygen atoms in total. The minimum absolute atomic E-state index is 0.329. The van der Waals surface area contributed by atoms with E-state index in [4.69, 9.17) is 4.74 Å². The van der Waals surface area contributed by atoms with Crippen molar-refractivity contribution in [3.63, 3.8) is 0 Å². The van der Waals surface area contributed by atoms with Gasteiger partial charge in [0.2, 0.25) is 0 Å². The van der Waals surface area contributed by atoms with Gasteiger partial charge in [0, 0.05) is 17.8 Å². The summed E-state index contributed by atoms with van der Waals surface area (Å²) in [6, 6.07) is 10.2. The number of anilines is 2. The molecular formula is C19H14F3N5O. The Morgan fingerprint density at radius 1 is 1.07 bits per heavy atom. The number of nitrogens with zero attached hydrogens (tertiary/aromatic N) is 3. The predicted molar refractivity (Wildman–Crippen MR) is 98.4 cm³/mol. The van der Waals surface area contributed by atoms with E-state index in [0.29, 0.717) is 39.8 Å². The third kappa shape index (κ3) is 3.46. The lowest BCUT2D eigenvalue weighted by atomic mass is 10.1. The first-order chi connectivity index (χ1) is 13.4. The minimum Gasteiger partial charge on any atom is -0.493 e. The molecule has 28 heavy (non-hydrogen) atoms. The Morgan fingerprint density at radius 3 is 2.71 bits per heavy atom. The first-order valence-electron chi connectivity index (χ1n) is 8.23. The minimum atomic E-state index is -4.41. The SMILES string of the molecule is COc1cccnc1Nc1cc2nc(-c3cccc(C(F)(F)F)c3)[nH]c2cn1. The Labute approximate surface area is 157 Å². The van der Waals surface area contributed by atoms with E-state index in [0.717, 1.165) is 12.1 Å². The Kier molecular flexibility index (Phi) is 4.34. The number of pyridine rings is 2. The molecule has 0 aliphatic heterocycles. The largest absolute Gasteiger partial charge is 0.493 e. The molecule has 4 rings (SSSR count). The summed E-state index contributed by atoms with van der Waals surface area (Å²) < 4.78 is 44.1. The number of methoxy groups -OCH3 is 1. The summed E-state index contributed by atoms with van der Waals surface area (Å²) in [4.78, 5) is 15.9. The van der Waals surface area contributed by atoms with Crippen molar-refractivity contribution >= 4 is 22.7 Å². The number of imidazole rings is 1. The topological polar surface area (TPSA) is 75.7 Å². The first-order valence-corrected chi connectivity index (χ1v) is 8.23. The van der Waals surface area contributed by atoms with Gasteiger partial charge in [-0.15, -0.1) is 0 Å². The van der Waals surface area contributed by atoms with Crippen LogP contribution < -0.4 is 10.1 Å². The molecule has 0 amide bonds. The van der Waals surface area contributed by atoms with Crippen molar-refractivity contribution in [1.29, 1.82) is 0 Å². The molecule has 0 spiro atoms. The lowest BCUT2D eigenvalue weighted by molar-refractivity contribution is -0.137. The van der Waals surface area contributed by atoms with E-state index in [1.807, 2.05) is 0 Å². The van der Waals surface area contributed by atoms with Crippen molar-refractivity contribution in [2.75, 3.05) is 12.4 Å². The molecule has 0 radical (unpaired) electrons. The third-order valence-electron chi connectivity index (χ3n) is 4.07. The molecule has 0 saturated carbocycles. The fourth-order valence-electron chi connectivity index (χ4n) is 2.73. The summed E-state index contributed by atoms with van der Waals surface area (Å²) >= 11 is 0. The van der Waals surface area contributed by atoms with E-state index in [9.17, 15) is 13.2 Å². The highest BCUT2D eigenvalue weighted by Gasteiger charge is 2.30. The summed E-state index contributed by atoms with van der Waals surface area (Å²) in [6.07, 6.45) is -1.25. The number of hydrogen-bond donors (Lipinski definition) is 2. The number of aromatic nitrogens is 4. The molecule has 142 valence electrons. The molecule has 1 aromatic carbocycles. The van der Waals surface area contributed by atoms with Gasteiger partial charge in [0.1, 0.15) is 11.6 Å². The molecule has 0 atom stereocenters. The fraction of sp³-hybridized carbons (Fsp3) is 0.105. The lowest BCUT2D eigenvalue weighted by Gasteiger charge is -2.08. The zero-order valence-electron chi connectivity index (χ0n) is 14.6. The van der Waals surface area contributed by atoms with Gasteiger partial charge in [-0.25, -0.2) is 15.0 Å². The number of ether oxygens (including phenoxy) is 1. The maximum atomic E-state index is 12.9. The van der Waals surface area contributed by atoms with Gasteiger partial charge < -0.3 is 15.0 Å². The number of nitrogens with one attached hydrogen (secondary N) is 2. The second kappa shape index (κ2) is 6.84. The first kappa shape index (κ1) is 17.8. The molecular weight excluding hydrogens is 371 g/mol. The maximum absolute atomic E-state index is 12.9. The van der Waals surface area contributed by atoms with Gasteiger partial charge in [-0.05, 0) is 24.3 Å². The maximum Gasteiger partial charge on any atom is 0.416 e. The quantitative estimate of drug-likeness (QED) is 0.528. The van der Waals surface area contributed by atoms with Crippen LogP contribution in [0.15, 0.2) is 54.9 Å². The highest BCUT2D eigenvalue weighted by atomic mass is 19.4. The van der Waals surface area contributed by atoms with E-state index >= 15 is 0 Å². The van der Waals surface area contributed by atoms with Crippen molar-refractivity contribution in [3.8, 4) is 17.1 Å². The normalized spacial score (nSPS) is 11.6. The van der Waals surface area contributed by atoms with Gasteiger partial charge >= 0.3 is 6.18 Å². The highest BCUT2D eigenvalue weighted by Crippen LogP contribution is 2.32. The number of H-pyrrole nitrogens is 1. The Hall–Kier alpha value is -3.62. The van der Waals surface area contributed by atoms with Gasteiger partial charge in [0.05, 0.1) is 29.9 Å². The van der Waals surface area contributed by atoms with Gasteiger partial charge in [-0.1, -0.05) is 12.1 Å². The second-order valence-corrected chi connectivity index (χ2v) is 5.93. The number of fused-ring (bicyclic) bond motifs is 1. The molecule has 0 aliphatic rings. The summed E-state index contributed by atoms with van der Waals surface area (Å²) in [5.41, 5.74) is 0.769. The molecule has 0 unspecified atom stereocenters. The third-order valence-corrected chi connectivity index (χ3v) is 4.07. The van der Waals surface area contributed by atoms with Crippen LogP contribution in [0, 0.1) is 0 Å². The Bertz CT molecular complexity index is 1140. The predicted octanol–water partition coefficient (Wildman–Crippen LogP) is 4.79. The zero-order valence-corrected chi connectivity index (χ0v) is 14.6. The molecule has 0 aliphatic carbocycles. The van der Waals surface area contributed by atoms with Crippen LogP contribution in [0.25, 0.3) is 22.4 Å². The van der Waals surface area contributed by atoms with Gasteiger partial charge in [-0.3, -0.25) is 0 Å². The van der Waals surface area contributed by atoms with E-state index in [2.05, 4.69) is 25.3 Å². The Morgan fingerprint density at radius 2 is 1.93 bits per heavy atom. The van der Waals surface area contributed by atoms with Gasteiger partial charge in [0.15, 0.2) is 11.6 Å². The zero-order chi connectivity index (χ0) is 19.7. The van der Waals surface area contributed by atoms with Crippen molar-refractivity contribution in [2.45, 2.75) is 6.18 Å². The molecule has 0 bridgehead atoms. The second-order valence-electron chi connectivity index (χ2n) is 5.93. The smallest absolute Gasteiger partial charge is 0.416 e. The fourth-order valence-corrected chi connectivity index (χ4v) is 2.73. The number of rotatable bonds is 4. The van der Waals surface area contributed by atoms with Crippen LogP contribution in [-0.2, 0) is 6.18 Å². The molecule has 9 heteroatoms. The molecule has 4 aromatic rings. The summed E-state index contributed by atoms with van der Waals surface area (Å²) in [7, 11) is 1.54. The van der Waals surface area contributed by atoms with Crippen LogP contribution in [0.2, 0.25) is 0 Å². The van der Waals surface area contributed by atoms with Crippen LogP contribution in [-0.4, -0.2) is 27.0 Å². The van der Waals surface area contributed by atoms with Crippen LogP contribution in [0.3, 0.4) is 0 Å². The average molecular weight is 385 g/mol.